The Morgan fingerprint density at radius 3 is 2.76 bits per heavy atom. The van der Waals surface area contributed by atoms with Gasteiger partial charge in [-0.2, -0.15) is 0 Å². The molecule has 5 heteroatoms. The average Bonchev–Trinajstić information content (AvgIpc) is 2.78. The molecule has 1 rings (SSSR count). The maximum atomic E-state index is 11.5. The third-order valence-corrected chi connectivity index (χ3v) is 3.14. The quantitative estimate of drug-likeness (QED) is 0.704. The van der Waals surface area contributed by atoms with Crippen molar-refractivity contribution < 1.29 is 14.3 Å². The first-order valence-corrected chi connectivity index (χ1v) is 6.84. The van der Waals surface area contributed by atoms with Crippen LogP contribution in [0.5, 0.6) is 0 Å². The normalized spacial score (nSPS) is 12.4. The summed E-state index contributed by atoms with van der Waals surface area (Å²) in [6.45, 7) is 6.87. The lowest BCUT2D eigenvalue weighted by molar-refractivity contribution is 0.0505. The van der Waals surface area contributed by atoms with Gasteiger partial charge in [0.15, 0.2) is 5.69 Å². The summed E-state index contributed by atoms with van der Waals surface area (Å²) >= 11 is 1.45. The van der Waals surface area contributed by atoms with Gasteiger partial charge in [-0.25, -0.2) is 9.78 Å². The van der Waals surface area contributed by atoms with Crippen molar-refractivity contribution in [3.8, 4) is 0 Å². The third kappa shape index (κ3) is 4.09. The van der Waals surface area contributed by atoms with Crippen molar-refractivity contribution in [2.24, 2.45) is 0 Å². The number of carbonyl (C=O) groups excluding carboxylic acids is 1. The Balaban J connectivity index is 2.73. The molecule has 0 bridgehead atoms. The topological polar surface area (TPSA) is 48.4 Å². The van der Waals surface area contributed by atoms with Gasteiger partial charge >= 0.3 is 5.97 Å². The summed E-state index contributed by atoms with van der Waals surface area (Å²) in [6, 6.07) is 0. The molecule has 0 amide bonds. The molecule has 1 aromatic rings. The maximum Gasteiger partial charge on any atom is 0.357 e. The Labute approximate surface area is 106 Å². The smallest absolute Gasteiger partial charge is 0.357 e. The van der Waals surface area contributed by atoms with E-state index in [1.807, 2.05) is 6.92 Å². The Morgan fingerprint density at radius 2 is 2.18 bits per heavy atom. The molecule has 17 heavy (non-hydrogen) atoms. The second-order valence-corrected chi connectivity index (χ2v) is 4.41. The SMILES string of the molecule is CCCC(OCC)c1nc(C(=O)OCC)cs1. The minimum atomic E-state index is -0.359. The molecule has 0 N–H and O–H groups in total. The first-order chi connectivity index (χ1) is 8.22. The Morgan fingerprint density at radius 1 is 1.41 bits per heavy atom. The van der Waals surface area contributed by atoms with Crippen molar-refractivity contribution in [2.75, 3.05) is 13.2 Å². The second-order valence-electron chi connectivity index (χ2n) is 3.52. The van der Waals surface area contributed by atoms with Crippen molar-refractivity contribution in [1.82, 2.24) is 4.98 Å². The average molecular weight is 257 g/mol. The van der Waals surface area contributed by atoms with E-state index in [0.29, 0.717) is 18.9 Å². The van der Waals surface area contributed by atoms with Gasteiger partial charge in [0.25, 0.3) is 0 Å². The lowest BCUT2D eigenvalue weighted by Crippen LogP contribution is -2.07. The molecule has 0 fully saturated rings. The zero-order valence-electron chi connectivity index (χ0n) is 10.6. The van der Waals surface area contributed by atoms with Crippen LogP contribution in [-0.2, 0) is 9.47 Å². The van der Waals surface area contributed by atoms with Crippen molar-refractivity contribution in [1.29, 1.82) is 0 Å². The molecule has 0 spiro atoms. The summed E-state index contributed by atoms with van der Waals surface area (Å²) in [5.41, 5.74) is 0.382. The number of hydrogen-bond donors (Lipinski definition) is 0. The minimum Gasteiger partial charge on any atom is -0.461 e. The minimum absolute atomic E-state index is 0.00169. The Kier molecular flexibility index (Phi) is 6.15. The molecule has 0 aliphatic heterocycles. The van der Waals surface area contributed by atoms with Crippen LogP contribution in [0.4, 0.5) is 0 Å². The number of nitrogens with zero attached hydrogens (tertiary/aromatic N) is 1. The molecule has 0 aliphatic rings. The number of rotatable bonds is 7. The number of carbonyl (C=O) groups is 1. The number of thiazole rings is 1. The highest BCUT2D eigenvalue weighted by molar-refractivity contribution is 7.09. The first kappa shape index (κ1) is 14.1. The van der Waals surface area contributed by atoms with Crippen LogP contribution in [0.3, 0.4) is 0 Å². The third-order valence-electron chi connectivity index (χ3n) is 2.20. The van der Waals surface area contributed by atoms with E-state index < -0.39 is 0 Å². The summed E-state index contributed by atoms with van der Waals surface area (Å²) in [6.07, 6.45) is 1.95. The molecule has 1 heterocycles. The highest BCUT2D eigenvalue weighted by atomic mass is 32.1. The monoisotopic (exact) mass is 257 g/mol. The standard InChI is InChI=1S/C12H19NO3S/c1-4-7-10(15-5-2)11-13-9(8-17-11)12(14)16-6-3/h8,10H,4-7H2,1-3H3. The fourth-order valence-corrected chi connectivity index (χ4v) is 2.35. The summed E-state index contributed by atoms with van der Waals surface area (Å²) in [5.74, 6) is -0.359. The van der Waals surface area contributed by atoms with Crippen molar-refractivity contribution in [2.45, 2.75) is 39.7 Å². The van der Waals surface area contributed by atoms with Crippen LogP contribution in [0, 0.1) is 0 Å². The van der Waals surface area contributed by atoms with Crippen LogP contribution < -0.4 is 0 Å². The van der Waals surface area contributed by atoms with E-state index in [1.54, 1.807) is 12.3 Å². The molecule has 4 nitrogen and oxygen atoms in total. The van der Waals surface area contributed by atoms with Crippen LogP contribution in [0.25, 0.3) is 0 Å². The van der Waals surface area contributed by atoms with Crippen molar-refractivity contribution in [3.63, 3.8) is 0 Å². The van der Waals surface area contributed by atoms with E-state index in [-0.39, 0.29) is 12.1 Å². The molecular weight excluding hydrogens is 238 g/mol. The van der Waals surface area contributed by atoms with Gasteiger partial charge in [0.05, 0.1) is 6.61 Å². The molecule has 0 aliphatic carbocycles. The maximum absolute atomic E-state index is 11.5. The molecule has 1 atom stereocenters. The Hall–Kier alpha value is -0.940. The number of hydrogen-bond acceptors (Lipinski definition) is 5. The largest absolute Gasteiger partial charge is 0.461 e. The van der Waals surface area contributed by atoms with Crippen LogP contribution in [0.1, 0.15) is 55.2 Å². The molecule has 96 valence electrons. The van der Waals surface area contributed by atoms with Gasteiger partial charge in [-0.1, -0.05) is 13.3 Å². The second kappa shape index (κ2) is 7.40. The van der Waals surface area contributed by atoms with Crippen LogP contribution in [0.15, 0.2) is 5.38 Å². The predicted molar refractivity (Wildman–Crippen MR) is 67.3 cm³/mol. The van der Waals surface area contributed by atoms with Crippen LogP contribution >= 0.6 is 11.3 Å². The number of esters is 1. The Bertz CT molecular complexity index is 345. The fraction of sp³-hybridized carbons (Fsp3) is 0.667. The lowest BCUT2D eigenvalue weighted by atomic mass is 10.2. The first-order valence-electron chi connectivity index (χ1n) is 5.97. The van der Waals surface area contributed by atoms with E-state index in [0.717, 1.165) is 17.8 Å². The van der Waals surface area contributed by atoms with Gasteiger partial charge in [0.2, 0.25) is 0 Å². The fourth-order valence-electron chi connectivity index (χ4n) is 1.48. The van der Waals surface area contributed by atoms with E-state index in [9.17, 15) is 4.79 Å². The summed E-state index contributed by atoms with van der Waals surface area (Å²) in [5, 5.41) is 2.59. The highest BCUT2D eigenvalue weighted by Gasteiger charge is 2.18. The molecule has 0 radical (unpaired) electrons. The van der Waals surface area contributed by atoms with Gasteiger partial charge < -0.3 is 9.47 Å². The zero-order chi connectivity index (χ0) is 12.7. The zero-order valence-corrected chi connectivity index (χ0v) is 11.4. The van der Waals surface area contributed by atoms with E-state index in [1.165, 1.54) is 11.3 Å². The highest BCUT2D eigenvalue weighted by Crippen LogP contribution is 2.26. The molecule has 1 unspecified atom stereocenters. The van der Waals surface area contributed by atoms with Gasteiger partial charge in [-0.15, -0.1) is 11.3 Å². The summed E-state index contributed by atoms with van der Waals surface area (Å²) in [7, 11) is 0. The van der Waals surface area contributed by atoms with Crippen LogP contribution in [0.2, 0.25) is 0 Å². The molecular formula is C12H19NO3S. The number of ether oxygens (including phenoxy) is 2. The molecule has 1 aromatic heterocycles. The van der Waals surface area contributed by atoms with E-state index >= 15 is 0 Å². The van der Waals surface area contributed by atoms with Gasteiger partial charge in [-0.3, -0.25) is 0 Å². The van der Waals surface area contributed by atoms with Gasteiger partial charge in [-0.05, 0) is 20.3 Å². The van der Waals surface area contributed by atoms with E-state index in [4.69, 9.17) is 9.47 Å². The number of aromatic nitrogens is 1. The van der Waals surface area contributed by atoms with Gasteiger partial charge in [0, 0.05) is 12.0 Å². The summed E-state index contributed by atoms with van der Waals surface area (Å²) in [4.78, 5) is 15.8. The van der Waals surface area contributed by atoms with E-state index in [2.05, 4.69) is 11.9 Å². The van der Waals surface area contributed by atoms with Crippen molar-refractivity contribution in [3.05, 3.63) is 16.1 Å². The van der Waals surface area contributed by atoms with Gasteiger partial charge in [0.1, 0.15) is 11.1 Å². The van der Waals surface area contributed by atoms with Crippen molar-refractivity contribution >= 4 is 17.3 Å². The molecule has 0 saturated heterocycles. The predicted octanol–water partition coefficient (Wildman–Crippen LogP) is 3.20. The van der Waals surface area contributed by atoms with Crippen LogP contribution in [-0.4, -0.2) is 24.2 Å². The molecule has 0 aromatic carbocycles. The molecule has 0 saturated carbocycles. The lowest BCUT2D eigenvalue weighted by Gasteiger charge is -2.12. The summed E-state index contributed by atoms with van der Waals surface area (Å²) < 4.78 is 10.5.